The number of carbonyl (C=O) groups excluding carboxylic acids is 1. The van der Waals surface area contributed by atoms with Crippen molar-refractivity contribution in [1.29, 1.82) is 0 Å². The highest BCUT2D eigenvalue weighted by Gasteiger charge is 2.17. The zero-order chi connectivity index (χ0) is 25.2. The average molecular weight is 487 g/mol. The smallest absolute Gasteiger partial charge is 0.273 e. The molecule has 0 saturated carbocycles. The normalized spacial score (nSPS) is 10.9. The van der Waals surface area contributed by atoms with Gasteiger partial charge >= 0.3 is 0 Å². The molecule has 0 atom stereocenters. The SMILES string of the molecule is COc1ccc(OC)c(CN(Cc2ccccc2)Cc2nc(C(=O)NCCc3ccccn3)co2)c1. The van der Waals surface area contributed by atoms with E-state index in [1.807, 2.05) is 54.6 Å². The first-order chi connectivity index (χ1) is 17.6. The summed E-state index contributed by atoms with van der Waals surface area (Å²) in [6.45, 7) is 2.11. The fraction of sp³-hybridized carbons (Fsp3) is 0.250. The van der Waals surface area contributed by atoms with E-state index in [-0.39, 0.29) is 11.6 Å². The standard InChI is InChI=1S/C28H30N4O4/c1-34-24-11-12-26(35-2)22(16-24)18-32(17-21-8-4-3-5-9-21)19-27-31-25(20-36-27)28(33)30-15-13-23-10-6-7-14-29-23/h3-12,14,16,20H,13,15,17-19H2,1-2H3,(H,30,33). The highest BCUT2D eigenvalue weighted by Crippen LogP contribution is 2.26. The predicted octanol–water partition coefficient (Wildman–Crippen LogP) is 4.26. The number of hydrogen-bond donors (Lipinski definition) is 1. The van der Waals surface area contributed by atoms with Crippen LogP contribution < -0.4 is 14.8 Å². The van der Waals surface area contributed by atoms with E-state index in [2.05, 4.69) is 32.3 Å². The summed E-state index contributed by atoms with van der Waals surface area (Å²) in [5.41, 5.74) is 3.30. The number of hydrogen-bond acceptors (Lipinski definition) is 7. The molecule has 2 aromatic heterocycles. The Morgan fingerprint density at radius 1 is 0.972 bits per heavy atom. The number of nitrogens with one attached hydrogen (secondary N) is 1. The van der Waals surface area contributed by atoms with Gasteiger partial charge in [0.25, 0.3) is 5.91 Å². The summed E-state index contributed by atoms with van der Waals surface area (Å²) in [5.74, 6) is 1.72. The molecule has 0 fully saturated rings. The lowest BCUT2D eigenvalue weighted by Crippen LogP contribution is -2.26. The van der Waals surface area contributed by atoms with Crippen LogP contribution in [-0.4, -0.2) is 41.5 Å². The highest BCUT2D eigenvalue weighted by atomic mass is 16.5. The second-order valence-electron chi connectivity index (χ2n) is 8.26. The number of benzene rings is 2. The van der Waals surface area contributed by atoms with Gasteiger partial charge in [0.15, 0.2) is 5.69 Å². The zero-order valence-electron chi connectivity index (χ0n) is 20.5. The van der Waals surface area contributed by atoms with Crippen LogP contribution in [0.3, 0.4) is 0 Å². The molecular formula is C28H30N4O4. The van der Waals surface area contributed by atoms with Crippen LogP contribution in [0.1, 0.15) is 33.2 Å². The Balaban J connectivity index is 1.44. The number of methoxy groups -OCH3 is 2. The van der Waals surface area contributed by atoms with Crippen LogP contribution in [0.5, 0.6) is 11.5 Å². The fourth-order valence-corrected chi connectivity index (χ4v) is 3.88. The molecule has 4 aromatic rings. The van der Waals surface area contributed by atoms with Gasteiger partial charge in [-0.25, -0.2) is 4.98 Å². The third-order valence-corrected chi connectivity index (χ3v) is 5.67. The molecule has 0 bridgehead atoms. The summed E-state index contributed by atoms with van der Waals surface area (Å²) in [4.78, 5) is 23.5. The topological polar surface area (TPSA) is 89.7 Å². The maximum Gasteiger partial charge on any atom is 0.273 e. The Morgan fingerprint density at radius 2 is 1.81 bits per heavy atom. The Bertz CT molecular complexity index is 1240. The minimum atomic E-state index is -0.273. The van der Waals surface area contributed by atoms with Gasteiger partial charge in [-0.3, -0.25) is 14.7 Å². The molecule has 0 radical (unpaired) electrons. The lowest BCUT2D eigenvalue weighted by Gasteiger charge is -2.22. The fourth-order valence-electron chi connectivity index (χ4n) is 3.88. The molecule has 8 nitrogen and oxygen atoms in total. The quantitative estimate of drug-likeness (QED) is 0.320. The minimum absolute atomic E-state index is 0.254. The maximum absolute atomic E-state index is 12.6. The number of nitrogens with zero attached hydrogens (tertiary/aromatic N) is 3. The van der Waals surface area contributed by atoms with E-state index in [0.717, 1.165) is 28.3 Å². The van der Waals surface area contributed by atoms with Gasteiger partial charge in [0, 0.05) is 43.5 Å². The van der Waals surface area contributed by atoms with Crippen molar-refractivity contribution >= 4 is 5.91 Å². The number of aromatic nitrogens is 2. The zero-order valence-corrected chi connectivity index (χ0v) is 20.5. The number of rotatable bonds is 12. The van der Waals surface area contributed by atoms with E-state index < -0.39 is 0 Å². The van der Waals surface area contributed by atoms with Crippen LogP contribution in [0.4, 0.5) is 0 Å². The largest absolute Gasteiger partial charge is 0.497 e. The van der Waals surface area contributed by atoms with E-state index in [9.17, 15) is 4.79 Å². The molecule has 4 rings (SSSR count). The van der Waals surface area contributed by atoms with E-state index in [4.69, 9.17) is 13.9 Å². The van der Waals surface area contributed by atoms with E-state index in [1.165, 1.54) is 6.26 Å². The Kier molecular flexibility index (Phi) is 8.67. The number of amides is 1. The monoisotopic (exact) mass is 486 g/mol. The minimum Gasteiger partial charge on any atom is -0.497 e. The summed E-state index contributed by atoms with van der Waals surface area (Å²) in [7, 11) is 3.29. The van der Waals surface area contributed by atoms with Gasteiger partial charge in [0.2, 0.25) is 5.89 Å². The molecule has 2 heterocycles. The number of ether oxygens (including phenoxy) is 2. The van der Waals surface area contributed by atoms with Crippen LogP contribution in [0.2, 0.25) is 0 Å². The van der Waals surface area contributed by atoms with Crippen molar-refractivity contribution in [3.8, 4) is 11.5 Å². The molecule has 1 amide bonds. The lowest BCUT2D eigenvalue weighted by molar-refractivity contribution is 0.0949. The summed E-state index contributed by atoms with van der Waals surface area (Å²) < 4.78 is 16.7. The molecule has 36 heavy (non-hydrogen) atoms. The Hall–Kier alpha value is -4.17. The lowest BCUT2D eigenvalue weighted by atomic mass is 10.1. The molecule has 0 saturated heterocycles. The van der Waals surface area contributed by atoms with E-state index >= 15 is 0 Å². The summed E-state index contributed by atoms with van der Waals surface area (Å²) in [6, 6.07) is 21.6. The van der Waals surface area contributed by atoms with E-state index in [1.54, 1.807) is 20.4 Å². The van der Waals surface area contributed by atoms with Gasteiger partial charge in [0.05, 0.1) is 20.8 Å². The van der Waals surface area contributed by atoms with Gasteiger partial charge in [-0.1, -0.05) is 36.4 Å². The van der Waals surface area contributed by atoms with Crippen LogP contribution in [-0.2, 0) is 26.1 Å². The van der Waals surface area contributed by atoms with Crippen molar-refractivity contribution in [1.82, 2.24) is 20.2 Å². The summed E-state index contributed by atoms with van der Waals surface area (Å²) >= 11 is 0. The van der Waals surface area contributed by atoms with Gasteiger partial charge in [-0.2, -0.15) is 0 Å². The average Bonchev–Trinajstić information content (AvgIpc) is 3.38. The van der Waals surface area contributed by atoms with E-state index in [0.29, 0.717) is 38.5 Å². The van der Waals surface area contributed by atoms with Crippen LogP contribution >= 0.6 is 0 Å². The van der Waals surface area contributed by atoms with Crippen molar-refractivity contribution in [2.45, 2.75) is 26.1 Å². The molecule has 186 valence electrons. The number of pyridine rings is 1. The van der Waals surface area contributed by atoms with Crippen molar-refractivity contribution in [3.05, 3.63) is 108 Å². The second-order valence-corrected chi connectivity index (χ2v) is 8.26. The molecule has 0 aliphatic carbocycles. The molecular weight excluding hydrogens is 456 g/mol. The van der Waals surface area contributed by atoms with Crippen molar-refractivity contribution in [2.24, 2.45) is 0 Å². The second kappa shape index (κ2) is 12.5. The van der Waals surface area contributed by atoms with Crippen molar-refractivity contribution < 1.29 is 18.7 Å². The van der Waals surface area contributed by atoms with Gasteiger partial charge < -0.3 is 19.2 Å². The first-order valence-corrected chi connectivity index (χ1v) is 11.7. The van der Waals surface area contributed by atoms with Gasteiger partial charge in [-0.15, -0.1) is 0 Å². The maximum atomic E-state index is 12.6. The van der Waals surface area contributed by atoms with Gasteiger partial charge in [-0.05, 0) is 35.9 Å². The van der Waals surface area contributed by atoms with Crippen LogP contribution in [0.25, 0.3) is 0 Å². The molecule has 0 spiro atoms. The Labute approximate surface area is 210 Å². The first kappa shape index (κ1) is 24.9. The first-order valence-electron chi connectivity index (χ1n) is 11.7. The summed E-state index contributed by atoms with van der Waals surface area (Å²) in [5, 5.41) is 2.88. The Morgan fingerprint density at radius 3 is 2.56 bits per heavy atom. The summed E-state index contributed by atoms with van der Waals surface area (Å²) in [6.07, 6.45) is 3.78. The third kappa shape index (κ3) is 6.93. The predicted molar refractivity (Wildman–Crippen MR) is 136 cm³/mol. The van der Waals surface area contributed by atoms with Crippen LogP contribution in [0.15, 0.2) is 83.6 Å². The van der Waals surface area contributed by atoms with Gasteiger partial charge in [0.1, 0.15) is 17.8 Å². The molecule has 0 aliphatic heterocycles. The van der Waals surface area contributed by atoms with Crippen LogP contribution in [0, 0.1) is 0 Å². The number of carbonyl (C=O) groups is 1. The molecule has 8 heteroatoms. The highest BCUT2D eigenvalue weighted by molar-refractivity contribution is 5.91. The third-order valence-electron chi connectivity index (χ3n) is 5.67. The molecule has 1 N–H and O–H groups in total. The molecule has 0 unspecified atom stereocenters. The molecule has 2 aromatic carbocycles. The van der Waals surface area contributed by atoms with Crippen molar-refractivity contribution in [3.63, 3.8) is 0 Å². The molecule has 0 aliphatic rings. The number of oxazole rings is 1. The van der Waals surface area contributed by atoms with Crippen molar-refractivity contribution in [2.75, 3.05) is 20.8 Å².